The molecule has 1 aromatic heterocycles. The number of carbonyl (C=O) groups is 2. The summed E-state index contributed by atoms with van der Waals surface area (Å²) in [6.45, 7) is 0.348. The number of halogens is 3. The first-order valence-corrected chi connectivity index (χ1v) is 11.7. The van der Waals surface area contributed by atoms with Gasteiger partial charge in [0.15, 0.2) is 6.29 Å². The number of hydrogen-bond acceptors (Lipinski definition) is 5. The van der Waals surface area contributed by atoms with Gasteiger partial charge in [0.25, 0.3) is 0 Å². The predicted octanol–water partition coefficient (Wildman–Crippen LogP) is 3.71. The number of thioether (sulfide) groups is 1. The Morgan fingerprint density at radius 2 is 1.97 bits per heavy atom. The molecule has 1 aromatic carbocycles. The zero-order valence-electron chi connectivity index (χ0n) is 16.2. The average molecular weight is 469 g/mol. The highest BCUT2D eigenvalue weighted by atomic mass is 32.2. The van der Waals surface area contributed by atoms with Gasteiger partial charge in [-0.3, -0.25) is 14.7 Å². The highest BCUT2D eigenvalue weighted by molar-refractivity contribution is 8.00. The Bertz CT molecular complexity index is 1000. The third-order valence-corrected chi connectivity index (χ3v) is 7.93. The Labute approximate surface area is 185 Å². The van der Waals surface area contributed by atoms with Crippen LogP contribution in [0.15, 0.2) is 41.8 Å². The van der Waals surface area contributed by atoms with Crippen LogP contribution in [0.2, 0.25) is 0 Å². The van der Waals surface area contributed by atoms with Crippen molar-refractivity contribution in [1.29, 1.82) is 0 Å². The van der Waals surface area contributed by atoms with Crippen LogP contribution >= 0.6 is 23.1 Å². The van der Waals surface area contributed by atoms with Crippen LogP contribution in [-0.2, 0) is 24.1 Å². The van der Waals surface area contributed by atoms with Gasteiger partial charge in [-0.1, -0.05) is 18.2 Å². The van der Waals surface area contributed by atoms with Crippen molar-refractivity contribution in [3.05, 3.63) is 57.8 Å². The van der Waals surface area contributed by atoms with Gasteiger partial charge in [-0.15, -0.1) is 23.1 Å². The van der Waals surface area contributed by atoms with Crippen molar-refractivity contribution in [2.45, 2.75) is 43.3 Å². The predicted molar refractivity (Wildman–Crippen MR) is 111 cm³/mol. The fraction of sp³-hybridized carbons (Fsp3) is 0.400. The summed E-state index contributed by atoms with van der Waals surface area (Å²) in [5, 5.41) is 2.94. The molecule has 0 radical (unpaired) electrons. The van der Waals surface area contributed by atoms with Crippen molar-refractivity contribution >= 4 is 35.0 Å². The van der Waals surface area contributed by atoms with E-state index in [9.17, 15) is 22.8 Å². The number of nitrogens with zero attached hydrogens (tertiary/aromatic N) is 3. The van der Waals surface area contributed by atoms with E-state index >= 15 is 0 Å². The van der Waals surface area contributed by atoms with Crippen LogP contribution in [0.25, 0.3) is 0 Å². The third-order valence-electron chi connectivity index (χ3n) is 5.73. The summed E-state index contributed by atoms with van der Waals surface area (Å²) < 4.78 is 39.2. The summed E-state index contributed by atoms with van der Waals surface area (Å²) >= 11 is 3.09. The van der Waals surface area contributed by atoms with Gasteiger partial charge in [-0.25, -0.2) is 4.79 Å². The lowest BCUT2D eigenvalue weighted by Crippen LogP contribution is -2.65. The van der Waals surface area contributed by atoms with Crippen LogP contribution in [0.1, 0.15) is 22.4 Å². The van der Waals surface area contributed by atoms with Gasteiger partial charge in [-0.05, 0) is 41.3 Å². The molecular weight excluding hydrogens is 449 g/mol. The summed E-state index contributed by atoms with van der Waals surface area (Å²) in [5.41, 5.74) is 2.70. The monoisotopic (exact) mass is 468 g/mol. The van der Waals surface area contributed by atoms with E-state index in [0.717, 1.165) is 29.2 Å². The second-order valence-electron chi connectivity index (χ2n) is 7.67. The third kappa shape index (κ3) is 3.68. The van der Waals surface area contributed by atoms with Gasteiger partial charge in [0.2, 0.25) is 5.91 Å². The van der Waals surface area contributed by atoms with E-state index in [1.165, 1.54) is 22.4 Å². The number of fused-ring (bicyclic) bond motifs is 3. The number of rotatable bonds is 4. The molecule has 3 atom stereocenters. The van der Waals surface area contributed by atoms with Crippen molar-refractivity contribution in [2.24, 2.45) is 0 Å². The Hall–Kier alpha value is -2.24. The first kappa shape index (κ1) is 20.7. The molecule has 0 saturated carbocycles. The van der Waals surface area contributed by atoms with Gasteiger partial charge >= 0.3 is 12.2 Å². The summed E-state index contributed by atoms with van der Waals surface area (Å²) in [4.78, 5) is 30.8. The fourth-order valence-corrected chi connectivity index (χ4v) is 6.41. The second kappa shape index (κ2) is 7.72. The van der Waals surface area contributed by atoms with E-state index in [1.54, 1.807) is 27.6 Å². The van der Waals surface area contributed by atoms with Gasteiger partial charge in [-0.2, -0.15) is 18.6 Å². The lowest BCUT2D eigenvalue weighted by Gasteiger charge is -2.44. The molecule has 3 saturated heterocycles. The molecule has 0 spiro atoms. The van der Waals surface area contributed by atoms with Crippen LogP contribution in [-0.4, -0.2) is 50.1 Å². The van der Waals surface area contributed by atoms with Crippen LogP contribution in [0.3, 0.4) is 0 Å². The van der Waals surface area contributed by atoms with Crippen molar-refractivity contribution in [3.63, 3.8) is 0 Å². The van der Waals surface area contributed by atoms with E-state index in [4.69, 9.17) is 0 Å². The highest BCUT2D eigenvalue weighted by Crippen LogP contribution is 2.40. The van der Waals surface area contributed by atoms with Gasteiger partial charge in [0, 0.05) is 4.88 Å². The quantitative estimate of drug-likeness (QED) is 0.744. The van der Waals surface area contributed by atoms with E-state index in [0.29, 0.717) is 12.1 Å². The summed E-state index contributed by atoms with van der Waals surface area (Å²) in [5.74, 6) is 0.779. The highest BCUT2D eigenvalue weighted by Gasteiger charge is 2.55. The largest absolute Gasteiger partial charge is 0.416 e. The summed E-state index contributed by atoms with van der Waals surface area (Å²) in [6, 6.07) is 8.27. The molecule has 3 unspecified atom stereocenters. The van der Waals surface area contributed by atoms with E-state index in [-0.39, 0.29) is 29.8 Å². The Morgan fingerprint density at radius 3 is 2.71 bits per heavy atom. The standard InChI is InChI=1S/C20H19F3N4O2S2/c21-20(22,23)13-4-1-3-12(9-13)10-26-19(29)27-15-6-8-31-16(15)17(28)25(18(27)24-26)11-14-5-2-7-30-14/h1-5,7,9,15-16,18,24H,6,8,10-11H2. The molecule has 3 fully saturated rings. The number of alkyl halides is 3. The van der Waals surface area contributed by atoms with Gasteiger partial charge in [0.05, 0.1) is 24.7 Å². The number of carbonyl (C=O) groups excluding carboxylic acids is 2. The number of urea groups is 1. The SMILES string of the molecule is O=C1C2SCCC2N2C(=O)N(Cc3cccc(C(F)(F)F)c3)NC2N1Cc1cccs1. The van der Waals surface area contributed by atoms with Crippen LogP contribution in [0, 0.1) is 0 Å². The van der Waals surface area contributed by atoms with Crippen molar-refractivity contribution < 1.29 is 22.8 Å². The van der Waals surface area contributed by atoms with Crippen molar-refractivity contribution in [1.82, 2.24) is 20.2 Å². The second-order valence-corrected chi connectivity index (χ2v) is 9.95. The average Bonchev–Trinajstić information content (AvgIpc) is 3.46. The van der Waals surface area contributed by atoms with Crippen molar-refractivity contribution in [3.8, 4) is 0 Å². The first-order chi connectivity index (χ1) is 14.8. The molecule has 1 N–H and O–H groups in total. The van der Waals surface area contributed by atoms with Crippen LogP contribution in [0.4, 0.5) is 18.0 Å². The molecule has 6 nitrogen and oxygen atoms in total. The van der Waals surface area contributed by atoms with E-state index < -0.39 is 18.0 Å². The number of hydrazine groups is 1. The molecule has 31 heavy (non-hydrogen) atoms. The smallest absolute Gasteiger partial charge is 0.302 e. The maximum atomic E-state index is 13.2. The molecule has 0 aliphatic carbocycles. The molecule has 5 rings (SSSR count). The molecule has 3 amide bonds. The number of hydrogen-bond donors (Lipinski definition) is 1. The molecule has 3 aliphatic heterocycles. The molecule has 3 aliphatic rings. The van der Waals surface area contributed by atoms with Gasteiger partial charge in [0.1, 0.15) is 5.25 Å². The topological polar surface area (TPSA) is 55.9 Å². The van der Waals surface area contributed by atoms with Crippen LogP contribution < -0.4 is 5.43 Å². The lowest BCUT2D eigenvalue weighted by molar-refractivity contribution is -0.145. The minimum absolute atomic E-state index is 0.0108. The fourth-order valence-electron chi connectivity index (χ4n) is 4.30. The molecule has 4 heterocycles. The Balaban J connectivity index is 1.42. The van der Waals surface area contributed by atoms with Crippen molar-refractivity contribution in [2.75, 3.05) is 5.75 Å². The maximum absolute atomic E-state index is 13.2. The minimum Gasteiger partial charge on any atom is -0.302 e. The molecule has 11 heteroatoms. The number of benzene rings is 1. The zero-order chi connectivity index (χ0) is 21.8. The maximum Gasteiger partial charge on any atom is 0.416 e. The summed E-state index contributed by atoms with van der Waals surface area (Å²) in [7, 11) is 0. The number of thiophene rings is 1. The zero-order valence-corrected chi connectivity index (χ0v) is 17.8. The summed E-state index contributed by atoms with van der Waals surface area (Å²) in [6.07, 6.45) is -4.38. The molecule has 2 aromatic rings. The molecule has 0 bridgehead atoms. The Kier molecular flexibility index (Phi) is 5.14. The molecule has 164 valence electrons. The van der Waals surface area contributed by atoms with Gasteiger partial charge < -0.3 is 4.90 Å². The lowest BCUT2D eigenvalue weighted by atomic mass is 10.1. The minimum atomic E-state index is -4.45. The number of nitrogens with one attached hydrogen (secondary N) is 1. The first-order valence-electron chi connectivity index (χ1n) is 9.79. The van der Waals surface area contributed by atoms with Crippen LogP contribution in [0.5, 0.6) is 0 Å². The number of amides is 3. The van der Waals surface area contributed by atoms with E-state index in [1.807, 2.05) is 17.5 Å². The molecular formula is C20H19F3N4O2S2. The normalized spacial score (nSPS) is 25.9. The Morgan fingerprint density at radius 1 is 1.13 bits per heavy atom. The van der Waals surface area contributed by atoms with E-state index in [2.05, 4.69) is 5.43 Å².